The highest BCUT2D eigenvalue weighted by Gasteiger charge is 2.25. The molecule has 128 valence electrons. The maximum atomic E-state index is 12.4. The first-order chi connectivity index (χ1) is 10.5. The van der Waals surface area contributed by atoms with E-state index in [9.17, 15) is 9.59 Å². The highest BCUT2D eigenvalue weighted by Crippen LogP contribution is 2.15. The summed E-state index contributed by atoms with van der Waals surface area (Å²) in [5.74, 6) is -0.0851. The highest BCUT2D eigenvalue weighted by atomic mass is 35.5. The highest BCUT2D eigenvalue weighted by molar-refractivity contribution is 5.94. The molecule has 1 unspecified atom stereocenters. The van der Waals surface area contributed by atoms with Crippen molar-refractivity contribution in [2.45, 2.75) is 32.7 Å². The number of hydrogen-bond donors (Lipinski definition) is 2. The van der Waals surface area contributed by atoms with Crippen LogP contribution < -0.4 is 11.1 Å². The fourth-order valence-electron chi connectivity index (χ4n) is 2.56. The number of aryl methyl sites for hydroxylation is 1. The summed E-state index contributed by atoms with van der Waals surface area (Å²) in [6.45, 7) is 5.54. The molecule has 1 aliphatic heterocycles. The minimum Gasteiger partial charge on any atom is -0.353 e. The van der Waals surface area contributed by atoms with Gasteiger partial charge in [-0.1, -0.05) is 24.6 Å². The van der Waals surface area contributed by atoms with Gasteiger partial charge in [0, 0.05) is 37.2 Å². The monoisotopic (exact) mass is 339 g/mol. The van der Waals surface area contributed by atoms with Crippen molar-refractivity contribution in [1.29, 1.82) is 0 Å². The Kier molecular flexibility index (Phi) is 7.52. The zero-order valence-corrected chi connectivity index (χ0v) is 14.6. The minimum atomic E-state index is -0.160. The molecule has 1 atom stereocenters. The second kappa shape index (κ2) is 8.89. The SMILES string of the molecule is Cc1ccc(C(=O)N2CCC(NC(=O)C(C)CN)CC2)cc1.Cl. The van der Waals surface area contributed by atoms with Gasteiger partial charge in [-0.3, -0.25) is 9.59 Å². The van der Waals surface area contributed by atoms with Gasteiger partial charge < -0.3 is 16.0 Å². The summed E-state index contributed by atoms with van der Waals surface area (Å²) in [4.78, 5) is 26.1. The van der Waals surface area contributed by atoms with Crippen LogP contribution in [0, 0.1) is 12.8 Å². The first kappa shape index (κ1) is 19.5. The van der Waals surface area contributed by atoms with E-state index in [1.165, 1.54) is 0 Å². The number of likely N-dealkylation sites (tertiary alicyclic amines) is 1. The summed E-state index contributed by atoms with van der Waals surface area (Å²) in [5.41, 5.74) is 7.37. The van der Waals surface area contributed by atoms with Gasteiger partial charge in [0.1, 0.15) is 0 Å². The molecular formula is C17H26ClN3O2. The van der Waals surface area contributed by atoms with E-state index in [1.54, 1.807) is 0 Å². The lowest BCUT2D eigenvalue weighted by Gasteiger charge is -2.33. The molecule has 3 N–H and O–H groups in total. The number of amides is 2. The van der Waals surface area contributed by atoms with Crippen LogP contribution in [-0.4, -0.2) is 42.4 Å². The van der Waals surface area contributed by atoms with Crippen LogP contribution in [0.4, 0.5) is 0 Å². The predicted octanol–water partition coefficient (Wildman–Crippen LogP) is 1.73. The van der Waals surface area contributed by atoms with Crippen LogP contribution in [0.25, 0.3) is 0 Å². The van der Waals surface area contributed by atoms with Crippen molar-refractivity contribution in [2.75, 3.05) is 19.6 Å². The lowest BCUT2D eigenvalue weighted by molar-refractivity contribution is -0.125. The van der Waals surface area contributed by atoms with Crippen LogP contribution in [0.5, 0.6) is 0 Å². The number of rotatable bonds is 4. The van der Waals surface area contributed by atoms with E-state index in [0.717, 1.165) is 24.0 Å². The van der Waals surface area contributed by atoms with Crippen LogP contribution in [0.1, 0.15) is 35.7 Å². The Bertz CT molecular complexity index is 525. The Hall–Kier alpha value is -1.59. The molecule has 0 aliphatic carbocycles. The number of halogens is 1. The molecule has 1 aromatic carbocycles. The van der Waals surface area contributed by atoms with E-state index in [2.05, 4.69) is 5.32 Å². The molecule has 1 heterocycles. The van der Waals surface area contributed by atoms with E-state index < -0.39 is 0 Å². The molecule has 1 fully saturated rings. The quantitative estimate of drug-likeness (QED) is 0.877. The molecule has 0 radical (unpaired) electrons. The summed E-state index contributed by atoms with van der Waals surface area (Å²) in [6, 6.07) is 7.79. The summed E-state index contributed by atoms with van der Waals surface area (Å²) in [5, 5.41) is 3.02. The Morgan fingerprint density at radius 1 is 1.26 bits per heavy atom. The molecular weight excluding hydrogens is 314 g/mol. The van der Waals surface area contributed by atoms with Gasteiger partial charge in [0.15, 0.2) is 0 Å². The number of carbonyl (C=O) groups excluding carboxylic acids is 2. The van der Waals surface area contributed by atoms with Crippen molar-refractivity contribution in [1.82, 2.24) is 10.2 Å². The third-order valence-electron chi connectivity index (χ3n) is 4.23. The van der Waals surface area contributed by atoms with E-state index in [1.807, 2.05) is 43.0 Å². The molecule has 5 nitrogen and oxygen atoms in total. The van der Waals surface area contributed by atoms with Gasteiger partial charge in [-0.25, -0.2) is 0 Å². The Morgan fingerprint density at radius 2 is 1.83 bits per heavy atom. The number of nitrogens with two attached hydrogens (primary N) is 1. The number of nitrogens with zero attached hydrogens (tertiary/aromatic N) is 1. The van der Waals surface area contributed by atoms with E-state index in [0.29, 0.717) is 19.6 Å². The summed E-state index contributed by atoms with van der Waals surface area (Å²) >= 11 is 0. The molecule has 0 aromatic heterocycles. The summed E-state index contributed by atoms with van der Waals surface area (Å²) in [6.07, 6.45) is 1.58. The van der Waals surface area contributed by atoms with Crippen molar-refractivity contribution < 1.29 is 9.59 Å². The Balaban J connectivity index is 0.00000264. The van der Waals surface area contributed by atoms with Gasteiger partial charge in [0.2, 0.25) is 5.91 Å². The van der Waals surface area contributed by atoms with Crippen molar-refractivity contribution in [3.63, 3.8) is 0 Å². The molecule has 23 heavy (non-hydrogen) atoms. The fourth-order valence-corrected chi connectivity index (χ4v) is 2.56. The molecule has 0 bridgehead atoms. The first-order valence-corrected chi connectivity index (χ1v) is 7.87. The van der Waals surface area contributed by atoms with Gasteiger partial charge in [-0.15, -0.1) is 12.4 Å². The summed E-state index contributed by atoms with van der Waals surface area (Å²) in [7, 11) is 0. The number of carbonyl (C=O) groups is 2. The Morgan fingerprint density at radius 3 is 2.35 bits per heavy atom. The van der Waals surface area contributed by atoms with Crippen molar-refractivity contribution >= 4 is 24.2 Å². The number of hydrogen-bond acceptors (Lipinski definition) is 3. The average molecular weight is 340 g/mol. The zero-order chi connectivity index (χ0) is 16.1. The van der Waals surface area contributed by atoms with Crippen molar-refractivity contribution in [2.24, 2.45) is 11.7 Å². The van der Waals surface area contributed by atoms with Gasteiger partial charge in [0.25, 0.3) is 5.91 Å². The lowest BCUT2D eigenvalue weighted by atomic mass is 10.0. The average Bonchev–Trinajstić information content (AvgIpc) is 2.54. The van der Waals surface area contributed by atoms with Gasteiger partial charge in [0.05, 0.1) is 0 Å². The molecule has 1 aromatic rings. The van der Waals surface area contributed by atoms with E-state index in [4.69, 9.17) is 5.73 Å². The zero-order valence-electron chi connectivity index (χ0n) is 13.7. The maximum Gasteiger partial charge on any atom is 0.253 e. The predicted molar refractivity (Wildman–Crippen MR) is 93.7 cm³/mol. The second-order valence-corrected chi connectivity index (χ2v) is 6.08. The lowest BCUT2D eigenvalue weighted by Crippen LogP contribution is -2.48. The second-order valence-electron chi connectivity index (χ2n) is 6.08. The van der Waals surface area contributed by atoms with Crippen molar-refractivity contribution in [3.8, 4) is 0 Å². The number of piperidine rings is 1. The standard InChI is InChI=1S/C17H25N3O2.ClH/c1-12-3-5-14(6-4-12)17(22)20-9-7-15(8-10-20)19-16(21)13(2)11-18;/h3-6,13,15H,7-11,18H2,1-2H3,(H,19,21);1H. The molecule has 2 rings (SSSR count). The third kappa shape index (κ3) is 5.22. The number of benzene rings is 1. The first-order valence-electron chi connectivity index (χ1n) is 7.87. The largest absolute Gasteiger partial charge is 0.353 e. The minimum absolute atomic E-state index is 0. The number of nitrogens with one attached hydrogen (secondary N) is 1. The molecule has 0 spiro atoms. The van der Waals surface area contributed by atoms with Crippen LogP contribution in [0.15, 0.2) is 24.3 Å². The summed E-state index contributed by atoms with van der Waals surface area (Å²) < 4.78 is 0. The maximum absolute atomic E-state index is 12.4. The molecule has 0 saturated carbocycles. The normalized spacial score (nSPS) is 16.4. The van der Waals surface area contributed by atoms with Crippen LogP contribution in [0.3, 0.4) is 0 Å². The topological polar surface area (TPSA) is 75.4 Å². The van der Waals surface area contributed by atoms with Crippen molar-refractivity contribution in [3.05, 3.63) is 35.4 Å². The van der Waals surface area contributed by atoms with E-state index >= 15 is 0 Å². The fraction of sp³-hybridized carbons (Fsp3) is 0.529. The van der Waals surface area contributed by atoms with Gasteiger partial charge >= 0.3 is 0 Å². The van der Waals surface area contributed by atoms with Gasteiger partial charge in [-0.2, -0.15) is 0 Å². The van der Waals surface area contributed by atoms with Crippen LogP contribution >= 0.6 is 12.4 Å². The van der Waals surface area contributed by atoms with Crippen LogP contribution in [0.2, 0.25) is 0 Å². The molecule has 1 aliphatic rings. The molecule has 6 heteroatoms. The van der Waals surface area contributed by atoms with Crippen LogP contribution in [-0.2, 0) is 4.79 Å². The molecule has 2 amide bonds. The van der Waals surface area contributed by atoms with Gasteiger partial charge in [-0.05, 0) is 31.9 Å². The smallest absolute Gasteiger partial charge is 0.253 e. The third-order valence-corrected chi connectivity index (χ3v) is 4.23. The van der Waals surface area contributed by atoms with E-state index in [-0.39, 0.29) is 36.2 Å². The molecule has 1 saturated heterocycles. The Labute approximate surface area is 144 Å².